The van der Waals surface area contributed by atoms with Gasteiger partial charge in [0.25, 0.3) is 0 Å². The highest BCUT2D eigenvalue weighted by Gasteiger charge is 2.25. The van der Waals surface area contributed by atoms with Crippen molar-refractivity contribution in [2.45, 2.75) is 12.5 Å². The van der Waals surface area contributed by atoms with Crippen LogP contribution >= 0.6 is 0 Å². The standard InChI is InChI=1S/C4H8O3S/c5-4-1-2-8(6,7)3-4/h4-5H,1-3H2/t4-/m0/s1. The van der Waals surface area contributed by atoms with Crippen molar-refractivity contribution < 1.29 is 13.5 Å². The van der Waals surface area contributed by atoms with E-state index < -0.39 is 15.9 Å². The Morgan fingerprint density at radius 2 is 2.12 bits per heavy atom. The molecule has 0 amide bonds. The van der Waals surface area contributed by atoms with Gasteiger partial charge < -0.3 is 5.11 Å². The molecule has 0 saturated carbocycles. The normalized spacial score (nSPS) is 35.4. The molecular weight excluding hydrogens is 128 g/mol. The Labute approximate surface area is 48.2 Å². The highest BCUT2D eigenvalue weighted by Crippen LogP contribution is 2.09. The molecule has 0 aromatic heterocycles. The summed E-state index contributed by atoms with van der Waals surface area (Å²) in [6.45, 7) is 0. The smallest absolute Gasteiger partial charge is 0.152 e. The first-order valence-corrected chi connectivity index (χ1v) is 4.31. The average Bonchev–Trinajstić information content (AvgIpc) is 1.82. The molecule has 1 N–H and O–H groups in total. The first-order valence-electron chi connectivity index (χ1n) is 2.49. The molecule has 1 saturated heterocycles. The van der Waals surface area contributed by atoms with Crippen LogP contribution in [-0.2, 0) is 9.84 Å². The van der Waals surface area contributed by atoms with Crippen molar-refractivity contribution in [3.05, 3.63) is 0 Å². The maximum Gasteiger partial charge on any atom is 0.152 e. The summed E-state index contributed by atoms with van der Waals surface area (Å²) in [5.74, 6) is 0.126. The summed E-state index contributed by atoms with van der Waals surface area (Å²) in [5, 5.41) is 8.69. The van der Waals surface area contributed by atoms with Crippen molar-refractivity contribution in [1.82, 2.24) is 0 Å². The van der Waals surface area contributed by atoms with Crippen LogP contribution in [0.25, 0.3) is 0 Å². The van der Waals surface area contributed by atoms with Gasteiger partial charge in [-0.15, -0.1) is 0 Å². The molecule has 1 heterocycles. The van der Waals surface area contributed by atoms with Crippen LogP contribution in [0.5, 0.6) is 0 Å². The second-order valence-electron chi connectivity index (χ2n) is 2.06. The monoisotopic (exact) mass is 136 g/mol. The molecule has 0 radical (unpaired) electrons. The van der Waals surface area contributed by atoms with E-state index in [2.05, 4.69) is 0 Å². The minimum atomic E-state index is -2.85. The lowest BCUT2D eigenvalue weighted by atomic mass is 10.3. The van der Waals surface area contributed by atoms with Gasteiger partial charge in [0, 0.05) is 0 Å². The van der Waals surface area contributed by atoms with Crippen molar-refractivity contribution in [3.63, 3.8) is 0 Å². The Bertz CT molecular complexity index is 170. The van der Waals surface area contributed by atoms with Gasteiger partial charge in [-0.25, -0.2) is 8.42 Å². The molecule has 48 valence electrons. The summed E-state index contributed by atoms with van der Waals surface area (Å²) in [5.41, 5.74) is 0. The third-order valence-corrected chi connectivity index (χ3v) is 2.96. The molecule has 1 fully saturated rings. The summed E-state index contributed by atoms with van der Waals surface area (Å²) in [6.07, 6.45) is -0.178. The molecule has 3 nitrogen and oxygen atoms in total. The van der Waals surface area contributed by atoms with E-state index in [1.165, 1.54) is 0 Å². The van der Waals surface area contributed by atoms with E-state index in [9.17, 15) is 8.42 Å². The lowest BCUT2D eigenvalue weighted by molar-refractivity contribution is 0.202. The maximum atomic E-state index is 10.5. The van der Waals surface area contributed by atoms with Gasteiger partial charge in [-0.3, -0.25) is 0 Å². The van der Waals surface area contributed by atoms with E-state index in [-0.39, 0.29) is 11.5 Å². The van der Waals surface area contributed by atoms with Gasteiger partial charge in [-0.05, 0) is 6.42 Å². The Balaban J connectivity index is 2.71. The molecule has 0 bridgehead atoms. The molecule has 0 aromatic rings. The summed E-state index contributed by atoms with van der Waals surface area (Å²) in [4.78, 5) is 0. The highest BCUT2D eigenvalue weighted by molar-refractivity contribution is 7.91. The molecule has 1 rings (SSSR count). The number of hydrogen-bond acceptors (Lipinski definition) is 3. The second kappa shape index (κ2) is 1.70. The largest absolute Gasteiger partial charge is 0.392 e. The number of aliphatic hydroxyl groups excluding tert-OH is 1. The lowest BCUT2D eigenvalue weighted by Gasteiger charge is -1.90. The van der Waals surface area contributed by atoms with E-state index in [0.29, 0.717) is 6.42 Å². The molecule has 0 aliphatic carbocycles. The van der Waals surface area contributed by atoms with Crippen LogP contribution in [0.4, 0.5) is 0 Å². The molecule has 1 atom stereocenters. The zero-order valence-electron chi connectivity index (χ0n) is 4.37. The molecule has 1 aliphatic heterocycles. The van der Waals surface area contributed by atoms with E-state index in [0.717, 1.165) is 0 Å². The molecule has 0 spiro atoms. The van der Waals surface area contributed by atoms with Gasteiger partial charge in [0.1, 0.15) is 0 Å². The fourth-order valence-corrected chi connectivity index (χ4v) is 2.33. The number of rotatable bonds is 0. The molecule has 8 heavy (non-hydrogen) atoms. The Morgan fingerprint density at radius 1 is 1.50 bits per heavy atom. The third-order valence-electron chi connectivity index (χ3n) is 1.21. The first kappa shape index (κ1) is 6.04. The fourth-order valence-electron chi connectivity index (χ4n) is 0.775. The van der Waals surface area contributed by atoms with Gasteiger partial charge in [0.05, 0.1) is 17.6 Å². The maximum absolute atomic E-state index is 10.5. The number of aliphatic hydroxyl groups is 1. The van der Waals surface area contributed by atoms with Gasteiger partial charge in [-0.1, -0.05) is 0 Å². The second-order valence-corrected chi connectivity index (χ2v) is 4.29. The minimum Gasteiger partial charge on any atom is -0.392 e. The topological polar surface area (TPSA) is 54.4 Å². The van der Waals surface area contributed by atoms with Crippen LogP contribution in [-0.4, -0.2) is 31.1 Å². The van der Waals surface area contributed by atoms with E-state index in [4.69, 9.17) is 5.11 Å². The van der Waals surface area contributed by atoms with Crippen molar-refractivity contribution in [2.24, 2.45) is 0 Å². The van der Waals surface area contributed by atoms with Crippen LogP contribution in [0, 0.1) is 0 Å². The highest BCUT2D eigenvalue weighted by atomic mass is 32.2. The average molecular weight is 136 g/mol. The number of sulfone groups is 1. The van der Waals surface area contributed by atoms with Crippen LogP contribution in [0.3, 0.4) is 0 Å². The van der Waals surface area contributed by atoms with Crippen LogP contribution in [0.2, 0.25) is 0 Å². The summed E-state index contributed by atoms with van der Waals surface area (Å²) in [6, 6.07) is 0. The number of hydrogen-bond donors (Lipinski definition) is 1. The molecular formula is C4H8O3S. The van der Waals surface area contributed by atoms with Crippen molar-refractivity contribution in [1.29, 1.82) is 0 Å². The third kappa shape index (κ3) is 1.20. The molecule has 0 unspecified atom stereocenters. The molecule has 0 aromatic carbocycles. The zero-order chi connectivity index (χ0) is 6.20. The van der Waals surface area contributed by atoms with Crippen LogP contribution in [0.15, 0.2) is 0 Å². The van der Waals surface area contributed by atoms with Gasteiger partial charge >= 0.3 is 0 Å². The van der Waals surface area contributed by atoms with Gasteiger partial charge in [0.2, 0.25) is 0 Å². The summed E-state index contributed by atoms with van der Waals surface area (Å²) >= 11 is 0. The zero-order valence-corrected chi connectivity index (χ0v) is 5.19. The predicted octanol–water partition coefficient (Wildman–Crippen LogP) is -0.834. The fraction of sp³-hybridized carbons (Fsp3) is 1.00. The van der Waals surface area contributed by atoms with Crippen LogP contribution < -0.4 is 0 Å². The SMILES string of the molecule is O=S1(=O)CC[C@H](O)C1. The Kier molecular flexibility index (Phi) is 1.28. The molecule has 4 heteroatoms. The summed E-state index contributed by atoms with van der Waals surface area (Å²) in [7, 11) is -2.85. The molecule has 1 aliphatic rings. The lowest BCUT2D eigenvalue weighted by Crippen LogP contribution is -2.07. The predicted molar refractivity (Wildman–Crippen MR) is 29.3 cm³/mol. The van der Waals surface area contributed by atoms with Crippen molar-refractivity contribution in [2.75, 3.05) is 11.5 Å². The van der Waals surface area contributed by atoms with Crippen molar-refractivity contribution in [3.8, 4) is 0 Å². The first-order chi connectivity index (χ1) is 3.60. The van der Waals surface area contributed by atoms with Gasteiger partial charge in [0.15, 0.2) is 9.84 Å². The Morgan fingerprint density at radius 3 is 2.25 bits per heavy atom. The van der Waals surface area contributed by atoms with Crippen LogP contribution in [0.1, 0.15) is 6.42 Å². The van der Waals surface area contributed by atoms with E-state index >= 15 is 0 Å². The minimum absolute atomic E-state index is 0.0347. The van der Waals surface area contributed by atoms with E-state index in [1.807, 2.05) is 0 Å². The van der Waals surface area contributed by atoms with Crippen molar-refractivity contribution >= 4 is 9.84 Å². The van der Waals surface area contributed by atoms with Gasteiger partial charge in [-0.2, -0.15) is 0 Å². The quantitative estimate of drug-likeness (QED) is 0.472. The Hall–Kier alpha value is -0.0900. The van der Waals surface area contributed by atoms with E-state index in [1.54, 1.807) is 0 Å². The summed E-state index contributed by atoms with van der Waals surface area (Å²) < 4.78 is 21.0.